The lowest BCUT2D eigenvalue weighted by molar-refractivity contribution is 0.0211. The molecule has 0 spiro atoms. The van der Waals surface area contributed by atoms with Gasteiger partial charge in [0.1, 0.15) is 0 Å². The summed E-state index contributed by atoms with van der Waals surface area (Å²) in [5.74, 6) is 0. The van der Waals surface area contributed by atoms with E-state index in [1.807, 2.05) is 0 Å². The number of hydrogen-bond donors (Lipinski definition) is 1. The van der Waals surface area contributed by atoms with Crippen molar-refractivity contribution >= 4 is 21.6 Å². The van der Waals surface area contributed by atoms with Crippen LogP contribution < -0.4 is 5.32 Å². The molecule has 0 radical (unpaired) electrons. The second kappa shape index (κ2) is 3.91. The number of rotatable bonds is 2. The largest absolute Gasteiger partial charge is 0.378 e. The summed E-state index contributed by atoms with van der Waals surface area (Å²) < 4.78 is 6.32. The van der Waals surface area contributed by atoms with Crippen LogP contribution in [-0.2, 0) is 4.74 Å². The van der Waals surface area contributed by atoms with Crippen molar-refractivity contribution in [3.63, 3.8) is 0 Å². The predicted octanol–water partition coefficient (Wildman–Crippen LogP) is 2.88. The zero-order valence-electron chi connectivity index (χ0n) is 8.43. The monoisotopic (exact) mass is 255 g/mol. The van der Waals surface area contributed by atoms with E-state index < -0.39 is 0 Å². The molecule has 2 rings (SSSR count). The summed E-state index contributed by atoms with van der Waals surface area (Å²) in [5, 5.41) is 3.44. The van der Waals surface area contributed by atoms with Crippen molar-refractivity contribution in [1.82, 2.24) is 0 Å². The van der Waals surface area contributed by atoms with Crippen molar-refractivity contribution in [2.24, 2.45) is 0 Å². The predicted molar refractivity (Wildman–Crippen MR) is 61.8 cm³/mol. The first-order chi connectivity index (χ1) is 6.66. The first-order valence-corrected chi connectivity index (χ1v) is 5.57. The standard InChI is InChI=1S/C11H14BrNO/c1-7-3-9(4-8(2)11(7)12)13-10-5-14-6-10/h3-4,10,13H,5-6H2,1-2H3. The van der Waals surface area contributed by atoms with Gasteiger partial charge in [-0.25, -0.2) is 0 Å². The van der Waals surface area contributed by atoms with Gasteiger partial charge in [-0.2, -0.15) is 0 Å². The average Bonchev–Trinajstić information content (AvgIpc) is 2.07. The molecule has 76 valence electrons. The van der Waals surface area contributed by atoms with Crippen LogP contribution in [0, 0.1) is 13.8 Å². The number of nitrogens with one attached hydrogen (secondary N) is 1. The molecule has 1 aromatic carbocycles. The number of aryl methyl sites for hydroxylation is 2. The van der Waals surface area contributed by atoms with E-state index >= 15 is 0 Å². The maximum Gasteiger partial charge on any atom is 0.0728 e. The van der Waals surface area contributed by atoms with Crippen LogP contribution in [0.4, 0.5) is 5.69 Å². The van der Waals surface area contributed by atoms with Crippen LogP contribution in [0.2, 0.25) is 0 Å². The van der Waals surface area contributed by atoms with Crippen LogP contribution in [-0.4, -0.2) is 19.3 Å². The highest BCUT2D eigenvalue weighted by Crippen LogP contribution is 2.25. The Morgan fingerprint density at radius 2 is 1.86 bits per heavy atom. The molecule has 1 heterocycles. The number of benzene rings is 1. The van der Waals surface area contributed by atoms with Gasteiger partial charge in [-0.15, -0.1) is 0 Å². The Bertz CT molecular complexity index is 324. The van der Waals surface area contributed by atoms with E-state index in [-0.39, 0.29) is 0 Å². The van der Waals surface area contributed by atoms with Gasteiger partial charge in [0.15, 0.2) is 0 Å². The van der Waals surface area contributed by atoms with E-state index in [1.54, 1.807) is 0 Å². The quantitative estimate of drug-likeness (QED) is 0.878. The van der Waals surface area contributed by atoms with Gasteiger partial charge < -0.3 is 10.1 Å². The molecule has 0 aliphatic carbocycles. The molecule has 3 heteroatoms. The van der Waals surface area contributed by atoms with Gasteiger partial charge in [-0.3, -0.25) is 0 Å². The van der Waals surface area contributed by atoms with Gasteiger partial charge in [-0.1, -0.05) is 15.9 Å². The molecule has 1 aliphatic rings. The van der Waals surface area contributed by atoms with Gasteiger partial charge in [0, 0.05) is 10.2 Å². The topological polar surface area (TPSA) is 21.3 Å². The maximum absolute atomic E-state index is 5.12. The molecular formula is C11H14BrNO. The Morgan fingerprint density at radius 3 is 2.29 bits per heavy atom. The normalized spacial score (nSPS) is 16.5. The molecule has 14 heavy (non-hydrogen) atoms. The van der Waals surface area contributed by atoms with E-state index in [9.17, 15) is 0 Å². The Balaban J connectivity index is 2.17. The number of ether oxygens (including phenoxy) is 1. The van der Waals surface area contributed by atoms with E-state index in [4.69, 9.17) is 4.74 Å². The first-order valence-electron chi connectivity index (χ1n) is 4.78. The Hall–Kier alpha value is -0.540. The summed E-state index contributed by atoms with van der Waals surface area (Å²) in [4.78, 5) is 0. The van der Waals surface area contributed by atoms with Crippen molar-refractivity contribution in [2.75, 3.05) is 18.5 Å². The SMILES string of the molecule is Cc1cc(NC2COC2)cc(C)c1Br. The number of anilines is 1. The van der Waals surface area contributed by atoms with Crippen molar-refractivity contribution in [1.29, 1.82) is 0 Å². The first kappa shape index (κ1) is 9.99. The zero-order valence-corrected chi connectivity index (χ0v) is 10.0. The molecule has 2 nitrogen and oxygen atoms in total. The van der Waals surface area contributed by atoms with E-state index in [1.165, 1.54) is 21.3 Å². The summed E-state index contributed by atoms with van der Waals surface area (Å²) in [7, 11) is 0. The lowest BCUT2D eigenvalue weighted by atomic mass is 10.1. The minimum atomic E-state index is 0.495. The fourth-order valence-corrected chi connectivity index (χ4v) is 1.81. The minimum absolute atomic E-state index is 0.495. The zero-order chi connectivity index (χ0) is 10.1. The second-order valence-electron chi connectivity index (χ2n) is 3.80. The van der Waals surface area contributed by atoms with E-state index in [2.05, 4.69) is 47.2 Å². The van der Waals surface area contributed by atoms with E-state index in [0.717, 1.165) is 13.2 Å². The average molecular weight is 256 g/mol. The third-order valence-corrected chi connectivity index (χ3v) is 3.70. The highest BCUT2D eigenvalue weighted by molar-refractivity contribution is 9.10. The number of hydrogen-bond acceptors (Lipinski definition) is 2. The molecule has 1 fully saturated rings. The van der Waals surface area contributed by atoms with E-state index in [0.29, 0.717) is 6.04 Å². The van der Waals surface area contributed by atoms with Crippen molar-refractivity contribution in [2.45, 2.75) is 19.9 Å². The van der Waals surface area contributed by atoms with Crippen LogP contribution in [0.15, 0.2) is 16.6 Å². The van der Waals surface area contributed by atoms with Crippen molar-refractivity contribution in [3.8, 4) is 0 Å². The van der Waals surface area contributed by atoms with Crippen molar-refractivity contribution in [3.05, 3.63) is 27.7 Å². The van der Waals surface area contributed by atoms with Crippen LogP contribution in [0.25, 0.3) is 0 Å². The maximum atomic E-state index is 5.12. The summed E-state index contributed by atoms with van der Waals surface area (Å²) in [5.41, 5.74) is 3.73. The molecule has 1 aliphatic heterocycles. The molecule has 0 saturated carbocycles. The summed E-state index contributed by atoms with van der Waals surface area (Å²) in [6.45, 7) is 5.88. The minimum Gasteiger partial charge on any atom is -0.378 e. The molecule has 1 aromatic rings. The lowest BCUT2D eigenvalue weighted by Crippen LogP contribution is -2.40. The van der Waals surface area contributed by atoms with Gasteiger partial charge in [0.25, 0.3) is 0 Å². The smallest absolute Gasteiger partial charge is 0.0728 e. The van der Waals surface area contributed by atoms with Gasteiger partial charge in [-0.05, 0) is 37.1 Å². The summed E-state index contributed by atoms with van der Waals surface area (Å²) in [6, 6.07) is 4.82. The van der Waals surface area contributed by atoms with Gasteiger partial charge in [0.2, 0.25) is 0 Å². The van der Waals surface area contributed by atoms with Crippen molar-refractivity contribution < 1.29 is 4.74 Å². The Labute approximate surface area is 92.8 Å². The fourth-order valence-electron chi connectivity index (χ4n) is 1.58. The highest BCUT2D eigenvalue weighted by Gasteiger charge is 2.17. The molecule has 0 aromatic heterocycles. The van der Waals surface area contributed by atoms with Crippen LogP contribution in [0.1, 0.15) is 11.1 Å². The molecule has 0 atom stereocenters. The molecule has 0 bridgehead atoms. The Morgan fingerprint density at radius 1 is 1.29 bits per heavy atom. The molecular weight excluding hydrogens is 242 g/mol. The second-order valence-corrected chi connectivity index (χ2v) is 4.60. The lowest BCUT2D eigenvalue weighted by Gasteiger charge is -2.28. The fraction of sp³-hybridized carbons (Fsp3) is 0.455. The summed E-state index contributed by atoms with van der Waals surface area (Å²) >= 11 is 3.56. The molecule has 0 amide bonds. The van der Waals surface area contributed by atoms with Crippen LogP contribution in [0.5, 0.6) is 0 Å². The van der Waals surface area contributed by atoms with Crippen LogP contribution in [0.3, 0.4) is 0 Å². The number of halogens is 1. The van der Waals surface area contributed by atoms with Gasteiger partial charge >= 0.3 is 0 Å². The third-order valence-electron chi connectivity index (χ3n) is 2.45. The molecule has 0 unspecified atom stereocenters. The Kier molecular flexibility index (Phi) is 2.79. The van der Waals surface area contributed by atoms with Crippen LogP contribution >= 0.6 is 15.9 Å². The summed E-state index contributed by atoms with van der Waals surface area (Å²) in [6.07, 6.45) is 0. The highest BCUT2D eigenvalue weighted by atomic mass is 79.9. The molecule has 1 saturated heterocycles. The van der Waals surface area contributed by atoms with Gasteiger partial charge in [0.05, 0.1) is 19.3 Å². The molecule has 1 N–H and O–H groups in total. The third kappa shape index (κ3) is 1.93.